The van der Waals surface area contributed by atoms with E-state index in [-0.39, 0.29) is 12.5 Å². The molecule has 0 spiro atoms. The molecule has 2 aromatic rings. The number of amides is 1. The summed E-state index contributed by atoms with van der Waals surface area (Å²) in [7, 11) is 0. The molecule has 1 amide bonds. The molecule has 4 nitrogen and oxygen atoms in total. The lowest BCUT2D eigenvalue weighted by atomic mass is 10.0. The number of carbonyl (C=O) groups excluding carboxylic acids is 1. The first-order valence-electron chi connectivity index (χ1n) is 6.44. The summed E-state index contributed by atoms with van der Waals surface area (Å²) in [6, 6.07) is 3.74. The number of aliphatic hydroxyl groups is 1. The summed E-state index contributed by atoms with van der Waals surface area (Å²) in [5, 5.41) is 15.1. The first-order valence-corrected chi connectivity index (χ1v) is 7.32. The van der Waals surface area contributed by atoms with E-state index in [0.29, 0.717) is 11.3 Å². The molecule has 2 rings (SSSR count). The SMILES string of the molecule is Cc1oc(C)c(C(=O)NCC(C)(O)c2cccs2)c1C. The van der Waals surface area contributed by atoms with Crippen molar-refractivity contribution in [2.24, 2.45) is 0 Å². The first-order chi connectivity index (χ1) is 9.33. The molecule has 0 fully saturated rings. The van der Waals surface area contributed by atoms with Crippen LogP contribution in [0.4, 0.5) is 0 Å². The molecular formula is C15H19NO3S. The summed E-state index contributed by atoms with van der Waals surface area (Å²) >= 11 is 1.47. The molecule has 2 N–H and O–H groups in total. The Morgan fingerprint density at radius 2 is 2.10 bits per heavy atom. The Morgan fingerprint density at radius 1 is 1.40 bits per heavy atom. The fourth-order valence-electron chi connectivity index (χ4n) is 2.14. The first kappa shape index (κ1) is 14.8. The summed E-state index contributed by atoms with van der Waals surface area (Å²) in [5.74, 6) is 1.14. The number of hydrogen-bond acceptors (Lipinski definition) is 4. The third-order valence-electron chi connectivity index (χ3n) is 3.43. The number of carbonyl (C=O) groups is 1. The Morgan fingerprint density at radius 3 is 2.60 bits per heavy atom. The molecule has 0 aromatic carbocycles. The molecular weight excluding hydrogens is 274 g/mol. The van der Waals surface area contributed by atoms with Crippen molar-refractivity contribution in [1.29, 1.82) is 0 Å². The quantitative estimate of drug-likeness (QED) is 0.911. The fraction of sp³-hybridized carbons (Fsp3) is 0.400. The number of aryl methyl sites for hydroxylation is 2. The van der Waals surface area contributed by atoms with Crippen LogP contribution in [0, 0.1) is 20.8 Å². The van der Waals surface area contributed by atoms with Gasteiger partial charge in [0.25, 0.3) is 5.91 Å². The van der Waals surface area contributed by atoms with Crippen molar-refractivity contribution in [3.63, 3.8) is 0 Å². The van der Waals surface area contributed by atoms with Gasteiger partial charge in [-0.05, 0) is 39.1 Å². The van der Waals surface area contributed by atoms with E-state index in [1.165, 1.54) is 11.3 Å². The highest BCUT2D eigenvalue weighted by atomic mass is 32.1. The van der Waals surface area contributed by atoms with Gasteiger partial charge < -0.3 is 14.8 Å². The summed E-state index contributed by atoms with van der Waals surface area (Å²) < 4.78 is 5.45. The molecule has 0 radical (unpaired) electrons. The van der Waals surface area contributed by atoms with E-state index < -0.39 is 5.60 Å². The van der Waals surface area contributed by atoms with Crippen LogP contribution in [0.3, 0.4) is 0 Å². The van der Waals surface area contributed by atoms with Gasteiger partial charge in [-0.3, -0.25) is 4.79 Å². The van der Waals surface area contributed by atoms with Crippen LogP contribution in [0.15, 0.2) is 21.9 Å². The van der Waals surface area contributed by atoms with E-state index in [2.05, 4.69) is 5.32 Å². The highest BCUT2D eigenvalue weighted by Crippen LogP contribution is 2.25. The largest absolute Gasteiger partial charge is 0.466 e. The van der Waals surface area contributed by atoms with E-state index in [1.54, 1.807) is 13.8 Å². The molecule has 0 saturated heterocycles. The monoisotopic (exact) mass is 293 g/mol. The molecule has 0 saturated carbocycles. The summed E-state index contributed by atoms with van der Waals surface area (Å²) in [6.07, 6.45) is 0. The highest BCUT2D eigenvalue weighted by molar-refractivity contribution is 7.10. The Kier molecular flexibility index (Phi) is 4.01. The zero-order valence-corrected chi connectivity index (χ0v) is 12.9. The van der Waals surface area contributed by atoms with Crippen LogP contribution in [0.2, 0.25) is 0 Å². The maximum atomic E-state index is 12.2. The van der Waals surface area contributed by atoms with Crippen molar-refractivity contribution in [3.8, 4) is 0 Å². The van der Waals surface area contributed by atoms with Gasteiger partial charge in [0.2, 0.25) is 0 Å². The zero-order valence-electron chi connectivity index (χ0n) is 12.1. The minimum absolute atomic E-state index is 0.162. The molecule has 5 heteroatoms. The lowest BCUT2D eigenvalue weighted by Crippen LogP contribution is -2.38. The number of rotatable bonds is 4. The summed E-state index contributed by atoms with van der Waals surface area (Å²) in [4.78, 5) is 13.1. The third-order valence-corrected chi connectivity index (χ3v) is 4.56. The van der Waals surface area contributed by atoms with Crippen molar-refractivity contribution >= 4 is 17.2 Å². The van der Waals surface area contributed by atoms with Gasteiger partial charge in [-0.15, -0.1) is 11.3 Å². The second kappa shape index (κ2) is 5.42. The molecule has 0 aliphatic carbocycles. The van der Waals surface area contributed by atoms with Gasteiger partial charge in [0.1, 0.15) is 17.1 Å². The normalized spacial score (nSPS) is 14.1. The highest BCUT2D eigenvalue weighted by Gasteiger charge is 2.26. The van der Waals surface area contributed by atoms with Gasteiger partial charge in [-0.2, -0.15) is 0 Å². The molecule has 20 heavy (non-hydrogen) atoms. The van der Waals surface area contributed by atoms with Crippen molar-refractivity contribution < 1.29 is 14.3 Å². The van der Waals surface area contributed by atoms with Crippen molar-refractivity contribution in [2.75, 3.05) is 6.54 Å². The van der Waals surface area contributed by atoms with E-state index in [1.807, 2.05) is 31.4 Å². The van der Waals surface area contributed by atoms with Gasteiger partial charge in [-0.1, -0.05) is 6.07 Å². The van der Waals surface area contributed by atoms with Crippen LogP contribution in [-0.2, 0) is 5.60 Å². The predicted octanol–water partition coefficient (Wildman–Crippen LogP) is 2.90. The lowest BCUT2D eigenvalue weighted by molar-refractivity contribution is 0.0556. The van der Waals surface area contributed by atoms with Crippen molar-refractivity contribution in [1.82, 2.24) is 5.32 Å². The Hall–Kier alpha value is -1.59. The average molecular weight is 293 g/mol. The molecule has 2 heterocycles. The predicted molar refractivity (Wildman–Crippen MR) is 79.1 cm³/mol. The second-order valence-electron chi connectivity index (χ2n) is 5.15. The van der Waals surface area contributed by atoms with E-state index in [4.69, 9.17) is 4.42 Å². The van der Waals surface area contributed by atoms with Gasteiger partial charge >= 0.3 is 0 Å². The minimum Gasteiger partial charge on any atom is -0.466 e. The molecule has 1 atom stereocenters. The van der Waals surface area contributed by atoms with Crippen LogP contribution in [0.25, 0.3) is 0 Å². The summed E-state index contributed by atoms with van der Waals surface area (Å²) in [6.45, 7) is 7.32. The number of nitrogens with one attached hydrogen (secondary N) is 1. The van der Waals surface area contributed by atoms with Crippen LogP contribution >= 0.6 is 11.3 Å². The average Bonchev–Trinajstić information content (AvgIpc) is 2.97. The van der Waals surface area contributed by atoms with Crippen molar-refractivity contribution in [2.45, 2.75) is 33.3 Å². The minimum atomic E-state index is -1.07. The maximum absolute atomic E-state index is 12.2. The lowest BCUT2D eigenvalue weighted by Gasteiger charge is -2.22. The van der Waals surface area contributed by atoms with Crippen LogP contribution < -0.4 is 5.32 Å². The molecule has 2 aromatic heterocycles. The standard InChI is InChI=1S/C15H19NO3S/c1-9-10(2)19-11(3)13(9)14(17)16-8-15(4,18)12-6-5-7-20-12/h5-7,18H,8H2,1-4H3,(H,16,17). The second-order valence-corrected chi connectivity index (χ2v) is 6.10. The van der Waals surface area contributed by atoms with E-state index in [9.17, 15) is 9.90 Å². The number of furan rings is 1. The Balaban J connectivity index is 2.09. The Labute approximate surface area is 122 Å². The van der Waals surface area contributed by atoms with Crippen LogP contribution in [0.1, 0.15) is 39.2 Å². The van der Waals surface area contributed by atoms with Gasteiger partial charge in [0, 0.05) is 10.4 Å². The van der Waals surface area contributed by atoms with Gasteiger partial charge in [-0.25, -0.2) is 0 Å². The van der Waals surface area contributed by atoms with Crippen LogP contribution in [0.5, 0.6) is 0 Å². The smallest absolute Gasteiger partial charge is 0.255 e. The fourth-order valence-corrected chi connectivity index (χ4v) is 2.93. The van der Waals surface area contributed by atoms with Crippen LogP contribution in [-0.4, -0.2) is 17.6 Å². The van der Waals surface area contributed by atoms with Gasteiger partial charge in [0.05, 0.1) is 12.1 Å². The Bertz CT molecular complexity index is 611. The van der Waals surface area contributed by atoms with Gasteiger partial charge in [0.15, 0.2) is 0 Å². The van der Waals surface area contributed by atoms with Crippen molar-refractivity contribution in [3.05, 3.63) is 45.0 Å². The molecule has 0 bridgehead atoms. The number of thiophene rings is 1. The molecule has 0 aliphatic heterocycles. The molecule has 1 unspecified atom stereocenters. The number of hydrogen-bond donors (Lipinski definition) is 2. The maximum Gasteiger partial charge on any atom is 0.255 e. The zero-order chi connectivity index (χ0) is 14.9. The molecule has 0 aliphatic rings. The third kappa shape index (κ3) is 2.78. The molecule has 108 valence electrons. The summed E-state index contributed by atoms with van der Waals surface area (Å²) in [5.41, 5.74) is 0.338. The van der Waals surface area contributed by atoms with E-state index in [0.717, 1.165) is 16.2 Å². The van der Waals surface area contributed by atoms with E-state index >= 15 is 0 Å². The topological polar surface area (TPSA) is 62.5 Å².